The van der Waals surface area contributed by atoms with Crippen molar-refractivity contribution in [2.75, 3.05) is 11.1 Å². The minimum absolute atomic E-state index is 0.194. The molecule has 4 rings (SSSR count). The standard InChI is InChI=1S/C26H26N4O3S2/c1-26(2,3)30-35(32,33)21-12-8-7-11-20(21)17-13-15-19(16-14-17)28-24(31)23-22(29-25(27)34-23)18-9-5-4-6-10-18/h4-16,30H,1-3H3,(H2,27,29)(H,28,31). The lowest BCUT2D eigenvalue weighted by Gasteiger charge is -2.21. The summed E-state index contributed by atoms with van der Waals surface area (Å²) >= 11 is 1.13. The van der Waals surface area contributed by atoms with Gasteiger partial charge < -0.3 is 11.1 Å². The van der Waals surface area contributed by atoms with Crippen LogP contribution in [0.25, 0.3) is 22.4 Å². The number of rotatable bonds is 6. The molecule has 35 heavy (non-hydrogen) atoms. The zero-order chi connectivity index (χ0) is 25.2. The number of anilines is 2. The number of carbonyl (C=O) groups is 1. The van der Waals surface area contributed by atoms with Crippen molar-refractivity contribution in [3.8, 4) is 22.4 Å². The lowest BCUT2D eigenvalue weighted by Crippen LogP contribution is -2.40. The maximum absolute atomic E-state index is 13.0. The molecule has 0 aliphatic heterocycles. The molecular weight excluding hydrogens is 480 g/mol. The van der Waals surface area contributed by atoms with Crippen LogP contribution >= 0.6 is 11.3 Å². The second-order valence-corrected chi connectivity index (χ2v) is 11.7. The third kappa shape index (κ3) is 5.76. The van der Waals surface area contributed by atoms with Crippen molar-refractivity contribution in [1.29, 1.82) is 0 Å². The van der Waals surface area contributed by atoms with E-state index in [-0.39, 0.29) is 10.8 Å². The maximum Gasteiger partial charge on any atom is 0.268 e. The Labute approximate surface area is 209 Å². The van der Waals surface area contributed by atoms with E-state index in [1.807, 2.05) is 30.3 Å². The second-order valence-electron chi connectivity index (χ2n) is 8.98. The second kappa shape index (κ2) is 9.61. The highest BCUT2D eigenvalue weighted by Crippen LogP contribution is 2.32. The third-order valence-electron chi connectivity index (χ3n) is 4.97. The van der Waals surface area contributed by atoms with Crippen LogP contribution in [-0.2, 0) is 10.0 Å². The van der Waals surface area contributed by atoms with E-state index in [4.69, 9.17) is 5.73 Å². The number of nitrogen functional groups attached to an aromatic ring is 1. The molecule has 7 nitrogen and oxygen atoms in total. The largest absolute Gasteiger partial charge is 0.375 e. The van der Waals surface area contributed by atoms with Gasteiger partial charge in [-0.05, 0) is 44.5 Å². The van der Waals surface area contributed by atoms with Crippen molar-refractivity contribution in [1.82, 2.24) is 9.71 Å². The summed E-state index contributed by atoms with van der Waals surface area (Å²) in [4.78, 5) is 18.0. The Hall–Kier alpha value is -3.53. The summed E-state index contributed by atoms with van der Waals surface area (Å²) in [6, 6.07) is 23.3. The van der Waals surface area contributed by atoms with Gasteiger partial charge in [0.15, 0.2) is 5.13 Å². The summed E-state index contributed by atoms with van der Waals surface area (Å²) in [7, 11) is -3.73. The molecule has 0 spiro atoms. The van der Waals surface area contributed by atoms with Crippen molar-refractivity contribution >= 4 is 38.1 Å². The summed E-state index contributed by atoms with van der Waals surface area (Å²) in [6.07, 6.45) is 0. The van der Waals surface area contributed by atoms with E-state index < -0.39 is 15.6 Å². The molecule has 1 heterocycles. The highest BCUT2D eigenvalue weighted by molar-refractivity contribution is 7.89. The first-order valence-electron chi connectivity index (χ1n) is 10.9. The number of amides is 1. The van der Waals surface area contributed by atoms with Crippen LogP contribution in [0.5, 0.6) is 0 Å². The average Bonchev–Trinajstić information content (AvgIpc) is 3.20. The Bertz CT molecular complexity index is 1460. The van der Waals surface area contributed by atoms with Gasteiger partial charge in [0, 0.05) is 22.4 Å². The Morgan fingerprint density at radius 2 is 1.51 bits per heavy atom. The van der Waals surface area contributed by atoms with Crippen LogP contribution in [0.2, 0.25) is 0 Å². The number of benzene rings is 3. The molecule has 180 valence electrons. The first kappa shape index (κ1) is 24.6. The predicted molar refractivity (Wildman–Crippen MR) is 142 cm³/mol. The van der Waals surface area contributed by atoms with Crippen LogP contribution in [-0.4, -0.2) is 24.8 Å². The molecular formula is C26H26N4O3S2. The molecule has 0 fully saturated rings. The number of sulfonamides is 1. The molecule has 1 aromatic heterocycles. The quantitative estimate of drug-likeness (QED) is 0.324. The zero-order valence-corrected chi connectivity index (χ0v) is 21.2. The van der Waals surface area contributed by atoms with E-state index in [1.165, 1.54) is 0 Å². The van der Waals surface area contributed by atoms with Gasteiger partial charge >= 0.3 is 0 Å². The Kier molecular flexibility index (Phi) is 6.75. The van der Waals surface area contributed by atoms with Crippen molar-refractivity contribution in [2.45, 2.75) is 31.2 Å². The molecule has 9 heteroatoms. The van der Waals surface area contributed by atoms with Crippen LogP contribution in [0.4, 0.5) is 10.8 Å². The minimum Gasteiger partial charge on any atom is -0.375 e. The fraction of sp³-hybridized carbons (Fsp3) is 0.154. The van der Waals surface area contributed by atoms with Crippen molar-refractivity contribution in [2.24, 2.45) is 0 Å². The number of hydrogen-bond acceptors (Lipinski definition) is 6. The Morgan fingerprint density at radius 3 is 2.17 bits per heavy atom. The van der Waals surface area contributed by atoms with Gasteiger partial charge in [0.05, 0.1) is 10.6 Å². The molecule has 0 atom stereocenters. The average molecular weight is 507 g/mol. The lowest BCUT2D eigenvalue weighted by atomic mass is 10.1. The van der Waals surface area contributed by atoms with Crippen LogP contribution in [0.15, 0.2) is 83.8 Å². The Morgan fingerprint density at radius 1 is 0.886 bits per heavy atom. The number of thiazole rings is 1. The number of hydrogen-bond donors (Lipinski definition) is 3. The van der Waals surface area contributed by atoms with Crippen molar-refractivity contribution in [3.05, 3.63) is 83.7 Å². The van der Waals surface area contributed by atoms with E-state index in [9.17, 15) is 13.2 Å². The molecule has 0 unspecified atom stereocenters. The molecule has 4 aromatic rings. The van der Waals surface area contributed by atoms with Gasteiger partial charge in [-0.25, -0.2) is 18.1 Å². The molecule has 0 aliphatic rings. The smallest absolute Gasteiger partial charge is 0.268 e. The molecule has 4 N–H and O–H groups in total. The fourth-order valence-corrected chi connectivity index (χ4v) is 6.00. The van der Waals surface area contributed by atoms with Gasteiger partial charge in [0.1, 0.15) is 4.88 Å². The first-order valence-corrected chi connectivity index (χ1v) is 13.2. The van der Waals surface area contributed by atoms with Crippen LogP contribution in [0, 0.1) is 0 Å². The van der Waals surface area contributed by atoms with E-state index in [0.29, 0.717) is 32.5 Å². The molecule has 3 aromatic carbocycles. The number of aromatic nitrogens is 1. The minimum atomic E-state index is -3.73. The normalized spacial score (nSPS) is 11.9. The summed E-state index contributed by atoms with van der Waals surface area (Å²) in [5.74, 6) is -0.317. The molecule has 0 radical (unpaired) electrons. The van der Waals surface area contributed by atoms with Gasteiger partial charge in [-0.1, -0.05) is 72.0 Å². The molecule has 1 amide bonds. The van der Waals surface area contributed by atoms with E-state index >= 15 is 0 Å². The number of nitrogens with one attached hydrogen (secondary N) is 2. The molecule has 0 saturated heterocycles. The summed E-state index contributed by atoms with van der Waals surface area (Å²) in [5, 5.41) is 3.19. The summed E-state index contributed by atoms with van der Waals surface area (Å²) in [6.45, 7) is 5.39. The predicted octanol–water partition coefficient (Wildman–Crippen LogP) is 5.39. The van der Waals surface area contributed by atoms with E-state index in [0.717, 1.165) is 16.9 Å². The van der Waals surface area contributed by atoms with Crippen LogP contribution in [0.3, 0.4) is 0 Å². The summed E-state index contributed by atoms with van der Waals surface area (Å²) in [5.41, 5.74) is 8.48. The van der Waals surface area contributed by atoms with Crippen LogP contribution < -0.4 is 15.8 Å². The topological polar surface area (TPSA) is 114 Å². The highest BCUT2D eigenvalue weighted by Gasteiger charge is 2.25. The number of nitrogens with two attached hydrogens (primary N) is 1. The SMILES string of the molecule is CC(C)(C)NS(=O)(=O)c1ccccc1-c1ccc(NC(=O)c2sc(N)nc2-c2ccccc2)cc1. The van der Waals surface area contributed by atoms with Crippen LogP contribution in [0.1, 0.15) is 30.4 Å². The molecule has 0 bridgehead atoms. The summed E-state index contributed by atoms with van der Waals surface area (Å²) < 4.78 is 28.7. The van der Waals surface area contributed by atoms with E-state index in [1.54, 1.807) is 69.3 Å². The maximum atomic E-state index is 13.0. The highest BCUT2D eigenvalue weighted by atomic mass is 32.2. The van der Waals surface area contributed by atoms with Gasteiger partial charge in [-0.3, -0.25) is 4.79 Å². The molecule has 0 aliphatic carbocycles. The van der Waals surface area contributed by atoms with Gasteiger partial charge in [-0.2, -0.15) is 0 Å². The number of nitrogens with zero attached hydrogens (tertiary/aromatic N) is 1. The third-order valence-corrected chi connectivity index (χ3v) is 7.67. The monoisotopic (exact) mass is 506 g/mol. The number of carbonyl (C=O) groups excluding carboxylic acids is 1. The van der Waals surface area contributed by atoms with Gasteiger partial charge in [0.2, 0.25) is 10.0 Å². The van der Waals surface area contributed by atoms with Gasteiger partial charge in [-0.15, -0.1) is 0 Å². The van der Waals surface area contributed by atoms with Crippen molar-refractivity contribution < 1.29 is 13.2 Å². The van der Waals surface area contributed by atoms with Gasteiger partial charge in [0.25, 0.3) is 5.91 Å². The van der Waals surface area contributed by atoms with Crippen molar-refractivity contribution in [3.63, 3.8) is 0 Å². The molecule has 0 saturated carbocycles. The zero-order valence-electron chi connectivity index (χ0n) is 19.6. The first-order chi connectivity index (χ1) is 16.5. The lowest BCUT2D eigenvalue weighted by molar-refractivity contribution is 0.103. The van der Waals surface area contributed by atoms with E-state index in [2.05, 4.69) is 15.0 Å². The fourth-order valence-electron chi connectivity index (χ4n) is 3.60. The Balaban J connectivity index is 1.59.